The number of hydrogen-bond acceptors (Lipinski definition) is 3. The molecular weight excluding hydrogens is 286 g/mol. The van der Waals surface area contributed by atoms with Crippen LogP contribution in [-0.4, -0.2) is 35.6 Å². The predicted molar refractivity (Wildman–Crippen MR) is 86.0 cm³/mol. The number of piperidine rings is 1. The molecule has 6 heteroatoms. The Balaban J connectivity index is 1.91. The van der Waals surface area contributed by atoms with Gasteiger partial charge in [0.05, 0.1) is 7.11 Å². The van der Waals surface area contributed by atoms with Gasteiger partial charge in [0.15, 0.2) is 5.11 Å². The molecule has 0 saturated carbocycles. The number of carbonyl (C=O) groups excluding carboxylic acids is 1. The van der Waals surface area contributed by atoms with Crippen LogP contribution in [0.5, 0.6) is 5.75 Å². The van der Waals surface area contributed by atoms with Gasteiger partial charge in [-0.25, -0.2) is 0 Å². The lowest BCUT2D eigenvalue weighted by molar-refractivity contribution is -0.122. The van der Waals surface area contributed by atoms with Gasteiger partial charge in [0.25, 0.3) is 0 Å². The normalized spacial score (nSPS) is 18.1. The van der Waals surface area contributed by atoms with E-state index in [0.717, 1.165) is 37.1 Å². The van der Waals surface area contributed by atoms with Crippen LogP contribution in [0.1, 0.15) is 24.8 Å². The van der Waals surface area contributed by atoms with Gasteiger partial charge in [-0.3, -0.25) is 4.79 Å². The van der Waals surface area contributed by atoms with Gasteiger partial charge < -0.3 is 20.7 Å². The molecule has 1 aliphatic rings. The molecule has 0 radical (unpaired) electrons. The van der Waals surface area contributed by atoms with E-state index >= 15 is 0 Å². The fraction of sp³-hybridized carbons (Fsp3) is 0.467. The summed E-state index contributed by atoms with van der Waals surface area (Å²) in [6.45, 7) is 1.40. The topological polar surface area (TPSA) is 67.6 Å². The third-order valence-electron chi connectivity index (χ3n) is 3.69. The zero-order valence-electron chi connectivity index (χ0n) is 12.2. The van der Waals surface area contributed by atoms with Gasteiger partial charge in [0, 0.05) is 13.1 Å². The number of nitrogens with zero attached hydrogens (tertiary/aromatic N) is 1. The Morgan fingerprint density at radius 1 is 1.43 bits per heavy atom. The summed E-state index contributed by atoms with van der Waals surface area (Å²) in [5, 5.41) is 3.79. The lowest BCUT2D eigenvalue weighted by Crippen LogP contribution is -2.53. The van der Waals surface area contributed by atoms with E-state index in [-0.39, 0.29) is 11.9 Å². The van der Waals surface area contributed by atoms with Crippen LogP contribution in [0.25, 0.3) is 0 Å². The molecule has 1 unspecified atom stereocenters. The summed E-state index contributed by atoms with van der Waals surface area (Å²) in [5.41, 5.74) is 6.56. The SMILES string of the molecule is COc1ccc(CNC(=S)N2CCCCC2C(N)=O)cc1. The molecule has 0 aliphatic carbocycles. The second-order valence-corrected chi connectivity index (χ2v) is 5.50. The van der Waals surface area contributed by atoms with E-state index in [0.29, 0.717) is 11.7 Å². The number of primary amides is 1. The molecule has 2 rings (SSSR count). The van der Waals surface area contributed by atoms with E-state index < -0.39 is 0 Å². The van der Waals surface area contributed by atoms with E-state index in [9.17, 15) is 4.79 Å². The minimum absolute atomic E-state index is 0.283. The van der Waals surface area contributed by atoms with Crippen LogP contribution in [0.4, 0.5) is 0 Å². The number of benzene rings is 1. The number of methoxy groups -OCH3 is 1. The van der Waals surface area contributed by atoms with Gasteiger partial charge >= 0.3 is 0 Å². The third kappa shape index (κ3) is 4.07. The molecule has 114 valence electrons. The minimum atomic E-state index is -0.303. The molecule has 1 aromatic carbocycles. The maximum atomic E-state index is 11.5. The molecule has 0 aromatic heterocycles. The fourth-order valence-electron chi connectivity index (χ4n) is 2.49. The molecule has 1 heterocycles. The van der Waals surface area contributed by atoms with Crippen molar-refractivity contribution in [2.24, 2.45) is 5.73 Å². The third-order valence-corrected chi connectivity index (χ3v) is 4.07. The highest BCUT2D eigenvalue weighted by Gasteiger charge is 2.28. The second kappa shape index (κ2) is 7.26. The zero-order chi connectivity index (χ0) is 15.2. The molecule has 21 heavy (non-hydrogen) atoms. The number of nitrogens with one attached hydrogen (secondary N) is 1. The molecule has 0 spiro atoms. The fourth-order valence-corrected chi connectivity index (χ4v) is 2.78. The Morgan fingerprint density at radius 2 is 2.14 bits per heavy atom. The highest BCUT2D eigenvalue weighted by molar-refractivity contribution is 7.80. The van der Waals surface area contributed by atoms with Gasteiger partial charge in [-0.15, -0.1) is 0 Å². The molecule has 1 saturated heterocycles. The van der Waals surface area contributed by atoms with Crippen molar-refractivity contribution in [2.75, 3.05) is 13.7 Å². The second-order valence-electron chi connectivity index (χ2n) is 5.11. The summed E-state index contributed by atoms with van der Waals surface area (Å²) < 4.78 is 5.12. The van der Waals surface area contributed by atoms with Gasteiger partial charge in [0.2, 0.25) is 5.91 Å². The standard InChI is InChI=1S/C15H21N3O2S/c1-20-12-7-5-11(6-8-12)10-17-15(21)18-9-3-2-4-13(18)14(16)19/h5-8,13H,2-4,9-10H2,1H3,(H2,16,19)(H,17,21). The molecule has 1 aromatic rings. The van der Waals surface area contributed by atoms with Crippen LogP contribution >= 0.6 is 12.2 Å². The van der Waals surface area contributed by atoms with Crippen LogP contribution < -0.4 is 15.8 Å². The molecule has 1 fully saturated rings. The van der Waals surface area contributed by atoms with Gasteiger partial charge in [-0.1, -0.05) is 12.1 Å². The Morgan fingerprint density at radius 3 is 2.76 bits per heavy atom. The highest BCUT2D eigenvalue weighted by atomic mass is 32.1. The number of thiocarbonyl (C=S) groups is 1. The van der Waals surface area contributed by atoms with Crippen LogP contribution in [0, 0.1) is 0 Å². The number of amides is 1. The van der Waals surface area contributed by atoms with Crippen molar-refractivity contribution in [3.05, 3.63) is 29.8 Å². The first-order valence-corrected chi connectivity index (χ1v) is 7.49. The average Bonchev–Trinajstić information content (AvgIpc) is 2.53. The van der Waals surface area contributed by atoms with Gasteiger partial charge in [0.1, 0.15) is 11.8 Å². The summed E-state index contributed by atoms with van der Waals surface area (Å²) in [7, 11) is 1.64. The van der Waals surface area contributed by atoms with E-state index in [4.69, 9.17) is 22.7 Å². The Bertz CT molecular complexity index is 504. The van der Waals surface area contributed by atoms with Crippen molar-refractivity contribution in [3.63, 3.8) is 0 Å². The molecule has 0 bridgehead atoms. The maximum absolute atomic E-state index is 11.5. The summed E-state index contributed by atoms with van der Waals surface area (Å²) >= 11 is 5.40. The van der Waals surface area contributed by atoms with Crippen molar-refractivity contribution in [3.8, 4) is 5.75 Å². The summed E-state index contributed by atoms with van der Waals surface area (Å²) in [4.78, 5) is 13.4. The Kier molecular flexibility index (Phi) is 5.38. The summed E-state index contributed by atoms with van der Waals surface area (Å²) in [5.74, 6) is 0.523. The van der Waals surface area contributed by atoms with Crippen molar-refractivity contribution in [1.29, 1.82) is 0 Å². The zero-order valence-corrected chi connectivity index (χ0v) is 13.0. The lowest BCUT2D eigenvalue weighted by atomic mass is 10.0. The van der Waals surface area contributed by atoms with Gasteiger partial charge in [-0.2, -0.15) is 0 Å². The Labute approximate surface area is 130 Å². The number of rotatable bonds is 4. The van der Waals surface area contributed by atoms with Crippen LogP contribution in [0.15, 0.2) is 24.3 Å². The lowest BCUT2D eigenvalue weighted by Gasteiger charge is -2.35. The number of likely N-dealkylation sites (tertiary alicyclic amines) is 1. The van der Waals surface area contributed by atoms with Crippen LogP contribution in [0.2, 0.25) is 0 Å². The van der Waals surface area contributed by atoms with Crippen molar-refractivity contribution in [2.45, 2.75) is 31.8 Å². The summed E-state index contributed by atoms with van der Waals surface area (Å²) in [6, 6.07) is 7.50. The Hall–Kier alpha value is -1.82. The first-order valence-electron chi connectivity index (χ1n) is 7.08. The predicted octanol–water partition coefficient (Wildman–Crippen LogP) is 1.41. The van der Waals surface area contributed by atoms with E-state index in [1.165, 1.54) is 0 Å². The van der Waals surface area contributed by atoms with E-state index in [1.807, 2.05) is 29.2 Å². The molecule has 3 N–H and O–H groups in total. The highest BCUT2D eigenvalue weighted by Crippen LogP contribution is 2.17. The van der Waals surface area contributed by atoms with Crippen LogP contribution in [0.3, 0.4) is 0 Å². The van der Waals surface area contributed by atoms with Crippen molar-refractivity contribution in [1.82, 2.24) is 10.2 Å². The molecule has 5 nitrogen and oxygen atoms in total. The van der Waals surface area contributed by atoms with Crippen molar-refractivity contribution < 1.29 is 9.53 Å². The molecule has 1 atom stereocenters. The number of nitrogens with two attached hydrogens (primary N) is 1. The monoisotopic (exact) mass is 307 g/mol. The number of carbonyl (C=O) groups is 1. The largest absolute Gasteiger partial charge is 0.497 e. The van der Waals surface area contributed by atoms with Crippen LogP contribution in [-0.2, 0) is 11.3 Å². The maximum Gasteiger partial charge on any atom is 0.240 e. The van der Waals surface area contributed by atoms with E-state index in [2.05, 4.69) is 5.32 Å². The quantitative estimate of drug-likeness (QED) is 0.823. The van der Waals surface area contributed by atoms with Gasteiger partial charge in [-0.05, 0) is 49.2 Å². The first kappa shape index (κ1) is 15.6. The first-order chi connectivity index (χ1) is 10.1. The molecule has 1 amide bonds. The molecular formula is C15H21N3O2S. The summed E-state index contributed by atoms with van der Waals surface area (Å²) in [6.07, 6.45) is 2.83. The smallest absolute Gasteiger partial charge is 0.240 e. The molecule has 1 aliphatic heterocycles. The van der Waals surface area contributed by atoms with E-state index in [1.54, 1.807) is 7.11 Å². The average molecular weight is 307 g/mol. The number of hydrogen-bond donors (Lipinski definition) is 2. The van der Waals surface area contributed by atoms with Crippen molar-refractivity contribution >= 4 is 23.2 Å². The number of ether oxygens (including phenoxy) is 1. The minimum Gasteiger partial charge on any atom is -0.497 e.